The highest BCUT2D eigenvalue weighted by atomic mass is 14.9. The summed E-state index contributed by atoms with van der Waals surface area (Å²) in [7, 11) is 0. The van der Waals surface area contributed by atoms with Crippen LogP contribution in [-0.2, 0) is 6.42 Å². The fourth-order valence-electron chi connectivity index (χ4n) is 2.17. The lowest BCUT2D eigenvalue weighted by Gasteiger charge is -2.16. The van der Waals surface area contributed by atoms with E-state index >= 15 is 0 Å². The number of hydrogen-bond acceptors (Lipinski definition) is 2. The lowest BCUT2D eigenvalue weighted by molar-refractivity contribution is 0.448. The molecule has 0 amide bonds. The molecule has 2 nitrogen and oxygen atoms in total. The lowest BCUT2D eigenvalue weighted by Crippen LogP contribution is -2.29. The SMILES string of the molecule is CC(C)(C#N)CNCCc1cccc2ccccc12. The minimum atomic E-state index is -0.293. The Morgan fingerprint density at radius 2 is 1.84 bits per heavy atom. The van der Waals surface area contributed by atoms with Crippen molar-refractivity contribution in [2.75, 3.05) is 13.1 Å². The maximum atomic E-state index is 8.96. The van der Waals surface area contributed by atoms with Crippen molar-refractivity contribution in [3.8, 4) is 6.07 Å². The van der Waals surface area contributed by atoms with Crippen molar-refractivity contribution in [3.05, 3.63) is 48.0 Å². The maximum Gasteiger partial charge on any atom is 0.0697 e. The van der Waals surface area contributed by atoms with Gasteiger partial charge >= 0.3 is 0 Å². The van der Waals surface area contributed by atoms with E-state index in [1.165, 1.54) is 16.3 Å². The van der Waals surface area contributed by atoms with Crippen molar-refractivity contribution in [1.29, 1.82) is 5.26 Å². The van der Waals surface area contributed by atoms with Crippen molar-refractivity contribution in [2.24, 2.45) is 5.41 Å². The summed E-state index contributed by atoms with van der Waals surface area (Å²) in [5, 5.41) is 14.9. The number of nitrogens with zero attached hydrogens (tertiary/aromatic N) is 1. The lowest BCUT2D eigenvalue weighted by atomic mass is 9.96. The Bertz CT molecular complexity index is 588. The molecule has 98 valence electrons. The topological polar surface area (TPSA) is 35.8 Å². The zero-order chi connectivity index (χ0) is 13.7. The van der Waals surface area contributed by atoms with Crippen LogP contribution in [0, 0.1) is 16.7 Å². The van der Waals surface area contributed by atoms with Crippen LogP contribution in [0.5, 0.6) is 0 Å². The van der Waals surface area contributed by atoms with Crippen LogP contribution in [0.3, 0.4) is 0 Å². The normalized spacial score (nSPS) is 11.4. The summed E-state index contributed by atoms with van der Waals surface area (Å²) >= 11 is 0. The van der Waals surface area contributed by atoms with Gasteiger partial charge in [0.2, 0.25) is 0 Å². The first kappa shape index (κ1) is 13.6. The van der Waals surface area contributed by atoms with Crippen molar-refractivity contribution in [1.82, 2.24) is 5.32 Å². The van der Waals surface area contributed by atoms with E-state index in [9.17, 15) is 0 Å². The van der Waals surface area contributed by atoms with Gasteiger partial charge in [-0.3, -0.25) is 0 Å². The Morgan fingerprint density at radius 1 is 1.11 bits per heavy atom. The molecule has 2 aromatic rings. The average Bonchev–Trinajstić information content (AvgIpc) is 2.44. The quantitative estimate of drug-likeness (QED) is 0.826. The molecular weight excluding hydrogens is 232 g/mol. The van der Waals surface area contributed by atoms with Gasteiger partial charge in [-0.15, -0.1) is 0 Å². The number of hydrogen-bond donors (Lipinski definition) is 1. The van der Waals surface area contributed by atoms with E-state index < -0.39 is 0 Å². The molecule has 0 spiro atoms. The minimum Gasteiger partial charge on any atom is -0.315 e. The minimum absolute atomic E-state index is 0.293. The second kappa shape index (κ2) is 5.86. The van der Waals surface area contributed by atoms with E-state index in [4.69, 9.17) is 5.26 Å². The maximum absolute atomic E-state index is 8.96. The first-order valence-electron chi connectivity index (χ1n) is 6.71. The summed E-state index contributed by atoms with van der Waals surface area (Å²) < 4.78 is 0. The van der Waals surface area contributed by atoms with Crippen LogP contribution in [0.1, 0.15) is 19.4 Å². The predicted octanol–water partition coefficient (Wildman–Crippen LogP) is 3.52. The molecule has 0 bridgehead atoms. The van der Waals surface area contributed by atoms with E-state index in [0.717, 1.165) is 19.5 Å². The number of rotatable bonds is 5. The number of nitrogens with one attached hydrogen (secondary N) is 1. The highest BCUT2D eigenvalue weighted by Crippen LogP contribution is 2.18. The average molecular weight is 252 g/mol. The van der Waals surface area contributed by atoms with Crippen LogP contribution in [0.25, 0.3) is 10.8 Å². The molecule has 0 fully saturated rings. The molecule has 2 rings (SSSR count). The van der Waals surface area contributed by atoms with E-state index in [2.05, 4.69) is 53.9 Å². The molecule has 2 heteroatoms. The molecule has 0 saturated heterocycles. The summed E-state index contributed by atoms with van der Waals surface area (Å²) in [6, 6.07) is 17.2. The zero-order valence-corrected chi connectivity index (χ0v) is 11.6. The molecule has 0 aliphatic heterocycles. The fourth-order valence-corrected chi connectivity index (χ4v) is 2.17. The molecule has 19 heavy (non-hydrogen) atoms. The molecule has 1 N–H and O–H groups in total. The number of nitriles is 1. The van der Waals surface area contributed by atoms with Crippen molar-refractivity contribution in [2.45, 2.75) is 20.3 Å². The zero-order valence-electron chi connectivity index (χ0n) is 11.6. The van der Waals surface area contributed by atoms with E-state index in [0.29, 0.717) is 0 Å². The van der Waals surface area contributed by atoms with E-state index in [1.54, 1.807) is 0 Å². The van der Waals surface area contributed by atoms with Gasteiger partial charge in [0.25, 0.3) is 0 Å². The summed E-state index contributed by atoms with van der Waals surface area (Å²) in [6.07, 6.45) is 0.989. The van der Waals surface area contributed by atoms with Gasteiger partial charge in [0.05, 0.1) is 11.5 Å². The molecular formula is C17H20N2. The summed E-state index contributed by atoms with van der Waals surface area (Å²) in [5.74, 6) is 0. The fraction of sp³-hybridized carbons (Fsp3) is 0.353. The summed E-state index contributed by atoms with van der Waals surface area (Å²) in [4.78, 5) is 0. The van der Waals surface area contributed by atoms with Gasteiger partial charge in [-0.05, 0) is 43.1 Å². The Hall–Kier alpha value is -1.85. The first-order valence-corrected chi connectivity index (χ1v) is 6.71. The molecule has 0 heterocycles. The standard InChI is InChI=1S/C17H20N2/c1-17(2,12-18)13-19-11-10-15-8-5-7-14-6-3-4-9-16(14)15/h3-9,19H,10-11,13H2,1-2H3. The number of fused-ring (bicyclic) bond motifs is 1. The molecule has 0 aliphatic rings. The molecule has 0 radical (unpaired) electrons. The smallest absolute Gasteiger partial charge is 0.0697 e. The third-order valence-electron chi connectivity index (χ3n) is 3.32. The monoisotopic (exact) mass is 252 g/mol. The summed E-state index contributed by atoms with van der Waals surface area (Å²) in [5.41, 5.74) is 1.07. The predicted molar refractivity (Wildman–Crippen MR) is 79.9 cm³/mol. The third kappa shape index (κ3) is 3.56. The summed E-state index contributed by atoms with van der Waals surface area (Å²) in [6.45, 7) is 5.54. The largest absolute Gasteiger partial charge is 0.315 e. The van der Waals surface area contributed by atoms with E-state index in [1.807, 2.05) is 13.8 Å². The number of benzene rings is 2. The van der Waals surface area contributed by atoms with E-state index in [-0.39, 0.29) is 5.41 Å². The first-order chi connectivity index (χ1) is 9.12. The van der Waals surface area contributed by atoms with Crippen LogP contribution in [-0.4, -0.2) is 13.1 Å². The Balaban J connectivity index is 1.98. The van der Waals surface area contributed by atoms with Crippen LogP contribution < -0.4 is 5.32 Å². The molecule has 0 aromatic heterocycles. The Morgan fingerprint density at radius 3 is 2.63 bits per heavy atom. The van der Waals surface area contributed by atoms with Crippen LogP contribution >= 0.6 is 0 Å². The van der Waals surface area contributed by atoms with Gasteiger partial charge in [-0.1, -0.05) is 42.5 Å². The van der Waals surface area contributed by atoms with Crippen LogP contribution in [0.4, 0.5) is 0 Å². The highest BCUT2D eigenvalue weighted by Gasteiger charge is 2.15. The van der Waals surface area contributed by atoms with Gasteiger partial charge in [0, 0.05) is 6.54 Å². The molecule has 2 aromatic carbocycles. The molecule has 0 atom stereocenters. The Labute approximate surface area is 115 Å². The van der Waals surface area contributed by atoms with Crippen molar-refractivity contribution >= 4 is 10.8 Å². The second-order valence-electron chi connectivity index (χ2n) is 5.56. The van der Waals surface area contributed by atoms with Crippen LogP contribution in [0.2, 0.25) is 0 Å². The van der Waals surface area contributed by atoms with Gasteiger partial charge in [0.1, 0.15) is 0 Å². The Kier molecular flexibility index (Phi) is 4.19. The molecule has 0 unspecified atom stereocenters. The second-order valence-corrected chi connectivity index (χ2v) is 5.56. The van der Waals surface area contributed by atoms with Gasteiger partial charge in [-0.2, -0.15) is 5.26 Å². The third-order valence-corrected chi connectivity index (χ3v) is 3.32. The van der Waals surface area contributed by atoms with Gasteiger partial charge in [0.15, 0.2) is 0 Å². The van der Waals surface area contributed by atoms with Crippen molar-refractivity contribution in [3.63, 3.8) is 0 Å². The molecule has 0 saturated carbocycles. The van der Waals surface area contributed by atoms with Crippen molar-refractivity contribution < 1.29 is 0 Å². The van der Waals surface area contributed by atoms with Gasteiger partial charge < -0.3 is 5.32 Å². The van der Waals surface area contributed by atoms with Gasteiger partial charge in [-0.25, -0.2) is 0 Å². The molecule has 0 aliphatic carbocycles. The highest BCUT2D eigenvalue weighted by molar-refractivity contribution is 5.85. The van der Waals surface area contributed by atoms with Crippen LogP contribution in [0.15, 0.2) is 42.5 Å².